The molecule has 1 aliphatic heterocycles. The predicted octanol–water partition coefficient (Wildman–Crippen LogP) is 0.796. The summed E-state index contributed by atoms with van der Waals surface area (Å²) in [5.41, 5.74) is 0.999. The molecule has 0 aliphatic carbocycles. The Labute approximate surface area is 170 Å². The standard InChI is InChI=1S/C20H29N2O7/c1-12(2)21-9-16-7-6-8-22(10-16)20-19(28-15(5)25)18(27-14(4)24)17(29-20)11-26-13(3)23/h6-8,10,12,17-21H,9,11H2,1-5H3/q+1/t17-,18-,19-,20-/m1/s1. The van der Waals surface area contributed by atoms with Crippen LogP contribution in [0.25, 0.3) is 0 Å². The van der Waals surface area contributed by atoms with Crippen molar-refractivity contribution in [1.29, 1.82) is 0 Å². The van der Waals surface area contributed by atoms with Gasteiger partial charge >= 0.3 is 24.1 Å². The Hall–Kier alpha value is -2.52. The summed E-state index contributed by atoms with van der Waals surface area (Å²) in [5, 5.41) is 3.33. The number of hydrogen-bond donors (Lipinski definition) is 1. The molecule has 1 N–H and O–H groups in total. The molecule has 160 valence electrons. The molecular weight excluding hydrogens is 380 g/mol. The fourth-order valence-electron chi connectivity index (χ4n) is 3.06. The summed E-state index contributed by atoms with van der Waals surface area (Å²) in [6.45, 7) is 8.43. The summed E-state index contributed by atoms with van der Waals surface area (Å²) in [5.74, 6) is -1.58. The second kappa shape index (κ2) is 10.3. The van der Waals surface area contributed by atoms with Crippen LogP contribution in [0.4, 0.5) is 0 Å². The van der Waals surface area contributed by atoms with E-state index in [4.69, 9.17) is 18.9 Å². The zero-order valence-electron chi connectivity index (χ0n) is 17.4. The molecule has 0 saturated carbocycles. The maximum atomic E-state index is 11.7. The van der Waals surface area contributed by atoms with E-state index in [0.717, 1.165) is 5.56 Å². The fourth-order valence-corrected chi connectivity index (χ4v) is 3.06. The molecule has 1 aliphatic rings. The van der Waals surface area contributed by atoms with Crippen molar-refractivity contribution < 1.29 is 37.9 Å². The Morgan fingerprint density at radius 1 is 1.10 bits per heavy atom. The van der Waals surface area contributed by atoms with Crippen LogP contribution in [0.1, 0.15) is 46.4 Å². The number of rotatable bonds is 8. The first-order valence-electron chi connectivity index (χ1n) is 9.53. The number of aromatic nitrogens is 1. The Morgan fingerprint density at radius 2 is 1.76 bits per heavy atom. The molecule has 4 atom stereocenters. The summed E-state index contributed by atoms with van der Waals surface area (Å²) in [6.07, 6.45) is 0.320. The molecule has 0 aromatic carbocycles. The van der Waals surface area contributed by atoms with Gasteiger partial charge in [-0.3, -0.25) is 14.4 Å². The van der Waals surface area contributed by atoms with Crippen LogP contribution in [0, 0.1) is 0 Å². The molecule has 1 saturated heterocycles. The molecule has 0 unspecified atom stereocenters. The molecule has 1 aromatic heterocycles. The van der Waals surface area contributed by atoms with E-state index in [9.17, 15) is 14.4 Å². The van der Waals surface area contributed by atoms with Crippen molar-refractivity contribution in [3.8, 4) is 0 Å². The molecule has 1 aromatic rings. The van der Waals surface area contributed by atoms with E-state index in [0.29, 0.717) is 12.6 Å². The molecule has 9 nitrogen and oxygen atoms in total. The van der Waals surface area contributed by atoms with E-state index in [1.54, 1.807) is 10.8 Å². The average molecular weight is 409 g/mol. The number of hydrogen-bond acceptors (Lipinski definition) is 8. The first-order valence-corrected chi connectivity index (χ1v) is 9.53. The van der Waals surface area contributed by atoms with Crippen LogP contribution in [0.3, 0.4) is 0 Å². The first kappa shape index (κ1) is 22.8. The van der Waals surface area contributed by atoms with E-state index in [2.05, 4.69) is 19.2 Å². The van der Waals surface area contributed by atoms with Crippen LogP contribution in [0.2, 0.25) is 0 Å². The quantitative estimate of drug-likeness (QED) is 0.382. The van der Waals surface area contributed by atoms with Crippen molar-refractivity contribution >= 4 is 17.9 Å². The van der Waals surface area contributed by atoms with Gasteiger partial charge in [0.25, 0.3) is 0 Å². The topological polar surface area (TPSA) is 104 Å². The molecule has 0 amide bonds. The van der Waals surface area contributed by atoms with Gasteiger partial charge in [-0.15, -0.1) is 0 Å². The summed E-state index contributed by atoms with van der Waals surface area (Å²) in [4.78, 5) is 34.6. The van der Waals surface area contributed by atoms with Crippen LogP contribution >= 0.6 is 0 Å². The second-order valence-electron chi connectivity index (χ2n) is 7.21. The molecule has 29 heavy (non-hydrogen) atoms. The lowest BCUT2D eigenvalue weighted by atomic mass is 10.1. The fraction of sp³-hybridized carbons (Fsp3) is 0.600. The molecule has 0 bridgehead atoms. The van der Waals surface area contributed by atoms with Gasteiger partial charge in [0, 0.05) is 45.0 Å². The number of pyridine rings is 1. The van der Waals surface area contributed by atoms with Gasteiger partial charge in [0.15, 0.2) is 18.5 Å². The minimum Gasteiger partial charge on any atom is -0.463 e. The smallest absolute Gasteiger partial charge is 0.304 e. The number of carbonyl (C=O) groups excluding carboxylic acids is 3. The third-order valence-corrected chi connectivity index (χ3v) is 4.23. The van der Waals surface area contributed by atoms with E-state index >= 15 is 0 Å². The average Bonchev–Trinajstić information content (AvgIpc) is 2.95. The molecule has 2 rings (SSSR count). The van der Waals surface area contributed by atoms with Gasteiger partial charge in [0.1, 0.15) is 12.7 Å². The minimum absolute atomic E-state index is 0.128. The van der Waals surface area contributed by atoms with Crippen molar-refractivity contribution in [3.63, 3.8) is 0 Å². The monoisotopic (exact) mass is 409 g/mol. The summed E-state index contributed by atoms with van der Waals surface area (Å²) in [7, 11) is 0. The third kappa shape index (κ3) is 6.79. The lowest BCUT2D eigenvalue weighted by Crippen LogP contribution is -2.48. The Morgan fingerprint density at radius 3 is 2.34 bits per heavy atom. The van der Waals surface area contributed by atoms with Crippen molar-refractivity contribution in [2.24, 2.45) is 0 Å². The van der Waals surface area contributed by atoms with Crippen molar-refractivity contribution in [1.82, 2.24) is 5.32 Å². The highest BCUT2D eigenvalue weighted by molar-refractivity contribution is 5.67. The number of esters is 3. The first-order chi connectivity index (χ1) is 13.7. The van der Waals surface area contributed by atoms with E-state index in [1.165, 1.54) is 20.8 Å². The molecular formula is C20H29N2O7+. The molecule has 0 radical (unpaired) electrons. The lowest BCUT2D eigenvalue weighted by molar-refractivity contribution is -0.765. The Balaban J connectivity index is 2.31. The number of carbonyl (C=O) groups is 3. The highest BCUT2D eigenvalue weighted by Crippen LogP contribution is 2.31. The highest BCUT2D eigenvalue weighted by atomic mass is 16.7. The Kier molecular flexibility index (Phi) is 8.10. The van der Waals surface area contributed by atoms with Gasteiger partial charge in [-0.2, -0.15) is 4.57 Å². The summed E-state index contributed by atoms with van der Waals surface area (Å²) in [6, 6.07) is 4.13. The van der Waals surface area contributed by atoms with Crippen LogP contribution in [0.5, 0.6) is 0 Å². The zero-order valence-corrected chi connectivity index (χ0v) is 17.4. The zero-order chi connectivity index (χ0) is 21.6. The van der Waals surface area contributed by atoms with Crippen molar-refractivity contribution in [3.05, 3.63) is 30.1 Å². The predicted molar refractivity (Wildman–Crippen MR) is 100 cm³/mol. The maximum absolute atomic E-state index is 11.7. The Bertz CT molecular complexity index is 737. The van der Waals surface area contributed by atoms with Gasteiger partial charge in [-0.05, 0) is 6.07 Å². The van der Waals surface area contributed by atoms with Gasteiger partial charge < -0.3 is 24.3 Å². The van der Waals surface area contributed by atoms with Crippen LogP contribution in [-0.2, 0) is 39.9 Å². The van der Waals surface area contributed by atoms with E-state index in [-0.39, 0.29) is 6.61 Å². The summed E-state index contributed by atoms with van der Waals surface area (Å²) < 4.78 is 23.6. The van der Waals surface area contributed by atoms with Gasteiger partial charge in [0.05, 0.1) is 0 Å². The minimum atomic E-state index is -0.911. The SMILES string of the molecule is CC(=O)OC[C@H]1O[C@@H]([n+]2cccc(CNC(C)C)c2)[C@H](OC(C)=O)[C@@H]1OC(C)=O. The number of nitrogens with one attached hydrogen (secondary N) is 1. The van der Waals surface area contributed by atoms with E-state index in [1.807, 2.05) is 18.3 Å². The maximum Gasteiger partial charge on any atom is 0.304 e. The molecule has 1 fully saturated rings. The normalized spacial score (nSPS) is 23.7. The molecule has 2 heterocycles. The van der Waals surface area contributed by atoms with Crippen LogP contribution in [-0.4, -0.2) is 48.9 Å². The van der Waals surface area contributed by atoms with Gasteiger partial charge in [-0.1, -0.05) is 13.8 Å². The number of nitrogens with zero attached hydrogens (tertiary/aromatic N) is 1. The number of ether oxygens (including phenoxy) is 4. The lowest BCUT2D eigenvalue weighted by Gasteiger charge is -2.21. The van der Waals surface area contributed by atoms with Crippen molar-refractivity contribution in [2.75, 3.05) is 6.61 Å². The van der Waals surface area contributed by atoms with E-state index < -0.39 is 42.4 Å². The van der Waals surface area contributed by atoms with Crippen molar-refractivity contribution in [2.45, 2.75) is 71.7 Å². The third-order valence-electron chi connectivity index (χ3n) is 4.23. The highest BCUT2D eigenvalue weighted by Gasteiger charge is 2.54. The second-order valence-corrected chi connectivity index (χ2v) is 7.21. The summed E-state index contributed by atoms with van der Waals surface area (Å²) >= 11 is 0. The molecule has 9 heteroatoms. The largest absolute Gasteiger partial charge is 0.463 e. The molecule has 0 spiro atoms. The van der Waals surface area contributed by atoms with Gasteiger partial charge in [-0.25, -0.2) is 0 Å². The van der Waals surface area contributed by atoms with Gasteiger partial charge in [0.2, 0.25) is 6.10 Å². The van der Waals surface area contributed by atoms with Crippen LogP contribution < -0.4 is 9.88 Å². The van der Waals surface area contributed by atoms with Crippen LogP contribution in [0.15, 0.2) is 24.5 Å².